The Labute approximate surface area is 169 Å². The molecule has 0 N–H and O–H groups in total. The van der Waals surface area contributed by atoms with Crippen molar-refractivity contribution >= 4 is 34.3 Å². The van der Waals surface area contributed by atoms with Crippen LogP contribution in [0.1, 0.15) is 21.3 Å². The zero-order valence-electron chi connectivity index (χ0n) is 15.4. The number of benzene rings is 2. The molecule has 4 rings (SSSR count). The lowest BCUT2D eigenvalue weighted by molar-refractivity contribution is -0.385. The molecule has 3 aromatic rings. The van der Waals surface area contributed by atoms with E-state index in [1.165, 1.54) is 42.0 Å². The van der Waals surface area contributed by atoms with Crippen LogP contribution in [0, 0.1) is 10.1 Å². The fraction of sp³-hybridized carbons (Fsp3) is 0.200. The van der Waals surface area contributed by atoms with Crippen LogP contribution in [0.15, 0.2) is 57.7 Å². The molecule has 2 heterocycles. The highest BCUT2D eigenvalue weighted by atomic mass is 32.2. The monoisotopic (exact) mass is 412 g/mol. The van der Waals surface area contributed by atoms with Crippen molar-refractivity contribution in [2.45, 2.75) is 5.37 Å². The van der Waals surface area contributed by atoms with Crippen molar-refractivity contribution in [3.8, 4) is 5.75 Å². The highest BCUT2D eigenvalue weighted by Crippen LogP contribution is 2.41. The van der Waals surface area contributed by atoms with Crippen molar-refractivity contribution in [2.75, 3.05) is 19.4 Å². The maximum Gasteiger partial charge on any atom is 0.349 e. The molecule has 0 aliphatic carbocycles. The predicted octanol–water partition coefficient (Wildman–Crippen LogP) is 3.60. The Hall–Kier alpha value is -3.33. The topological polar surface area (TPSA) is 103 Å². The smallest absolute Gasteiger partial charge is 0.349 e. The molecule has 1 amide bonds. The van der Waals surface area contributed by atoms with Crippen LogP contribution in [0.25, 0.3) is 11.0 Å². The van der Waals surface area contributed by atoms with Crippen molar-refractivity contribution in [2.24, 2.45) is 0 Å². The van der Waals surface area contributed by atoms with Gasteiger partial charge in [-0.3, -0.25) is 14.9 Å². The lowest BCUT2D eigenvalue weighted by Crippen LogP contribution is -2.33. The SMILES string of the molecule is COc1ccc([C@@H]2SCCN2C(=O)c2cc3ccccc3oc2=O)cc1[N+](=O)[O-]. The van der Waals surface area contributed by atoms with E-state index in [9.17, 15) is 19.7 Å². The van der Waals surface area contributed by atoms with E-state index in [1.54, 1.807) is 30.3 Å². The molecular formula is C20H16N2O6S. The Balaban J connectivity index is 1.71. The van der Waals surface area contributed by atoms with E-state index in [-0.39, 0.29) is 17.0 Å². The van der Waals surface area contributed by atoms with Crippen LogP contribution in [0.3, 0.4) is 0 Å². The lowest BCUT2D eigenvalue weighted by Gasteiger charge is -2.24. The second-order valence-electron chi connectivity index (χ2n) is 6.40. The summed E-state index contributed by atoms with van der Waals surface area (Å²) in [6.45, 7) is 0.417. The van der Waals surface area contributed by atoms with Crippen molar-refractivity contribution in [1.82, 2.24) is 4.90 Å². The largest absolute Gasteiger partial charge is 0.490 e. The number of nitro benzene ring substituents is 1. The number of thioether (sulfide) groups is 1. The highest BCUT2D eigenvalue weighted by molar-refractivity contribution is 7.99. The zero-order valence-corrected chi connectivity index (χ0v) is 16.2. The highest BCUT2D eigenvalue weighted by Gasteiger charge is 2.34. The van der Waals surface area contributed by atoms with Crippen LogP contribution in [0.4, 0.5) is 5.69 Å². The molecule has 0 radical (unpaired) electrons. The molecule has 0 bridgehead atoms. The second-order valence-corrected chi connectivity index (χ2v) is 7.58. The van der Waals surface area contributed by atoms with Gasteiger partial charge in [-0.2, -0.15) is 0 Å². The Morgan fingerprint density at radius 1 is 1.28 bits per heavy atom. The standard InChI is InChI=1S/C20H16N2O6S/c1-27-17-7-6-13(11-15(17)22(25)26)19-21(8-9-29-19)18(23)14-10-12-4-2-3-5-16(12)28-20(14)24/h2-7,10-11,19H,8-9H2,1H3/t19-/m0/s1. The van der Waals surface area contributed by atoms with Crippen molar-refractivity contribution < 1.29 is 18.9 Å². The number of rotatable bonds is 4. The van der Waals surface area contributed by atoms with Gasteiger partial charge in [0.25, 0.3) is 5.91 Å². The molecule has 1 aliphatic rings. The first-order chi connectivity index (χ1) is 14.0. The normalized spacial score (nSPS) is 16.2. The van der Waals surface area contributed by atoms with Gasteiger partial charge in [0.1, 0.15) is 16.5 Å². The van der Waals surface area contributed by atoms with Gasteiger partial charge in [0.2, 0.25) is 0 Å². The second kappa shape index (κ2) is 7.59. The van der Waals surface area contributed by atoms with Gasteiger partial charge in [0.05, 0.1) is 12.0 Å². The van der Waals surface area contributed by atoms with Crippen molar-refractivity contribution in [1.29, 1.82) is 0 Å². The molecule has 9 heteroatoms. The molecular weight excluding hydrogens is 396 g/mol. The van der Waals surface area contributed by atoms with E-state index in [1.807, 2.05) is 0 Å². The van der Waals surface area contributed by atoms with Crippen LogP contribution in [-0.4, -0.2) is 35.1 Å². The molecule has 1 atom stereocenters. The minimum absolute atomic E-state index is 0.0563. The Kier molecular flexibility index (Phi) is 4.98. The summed E-state index contributed by atoms with van der Waals surface area (Å²) >= 11 is 1.48. The number of hydrogen-bond acceptors (Lipinski definition) is 7. The van der Waals surface area contributed by atoms with Crippen LogP contribution in [0.5, 0.6) is 5.75 Å². The van der Waals surface area contributed by atoms with Crippen molar-refractivity contribution in [3.63, 3.8) is 0 Å². The van der Waals surface area contributed by atoms with E-state index in [2.05, 4.69) is 0 Å². The molecule has 8 nitrogen and oxygen atoms in total. The minimum Gasteiger partial charge on any atom is -0.490 e. The number of methoxy groups -OCH3 is 1. The summed E-state index contributed by atoms with van der Waals surface area (Å²) in [6.07, 6.45) is 0. The van der Waals surface area contributed by atoms with E-state index in [0.717, 1.165) is 0 Å². The summed E-state index contributed by atoms with van der Waals surface area (Å²) in [5, 5.41) is 11.5. The molecule has 1 saturated heterocycles. The number of carbonyl (C=O) groups excluding carboxylic acids is 1. The van der Waals surface area contributed by atoms with Gasteiger partial charge in [0, 0.05) is 23.8 Å². The van der Waals surface area contributed by atoms with Gasteiger partial charge in [-0.1, -0.05) is 24.3 Å². The third-order valence-electron chi connectivity index (χ3n) is 4.71. The summed E-state index contributed by atoms with van der Waals surface area (Å²) in [5.41, 5.74) is 0.0742. The first-order valence-electron chi connectivity index (χ1n) is 8.77. The quantitative estimate of drug-likeness (QED) is 0.366. The fourth-order valence-electron chi connectivity index (χ4n) is 3.32. The first-order valence-corrected chi connectivity index (χ1v) is 9.82. The van der Waals surface area contributed by atoms with Gasteiger partial charge in [-0.25, -0.2) is 4.79 Å². The number of para-hydroxylation sites is 1. The molecule has 148 valence electrons. The van der Waals surface area contributed by atoms with Crippen LogP contribution in [0.2, 0.25) is 0 Å². The molecule has 1 fully saturated rings. The van der Waals surface area contributed by atoms with Crippen LogP contribution >= 0.6 is 11.8 Å². The van der Waals surface area contributed by atoms with Crippen LogP contribution < -0.4 is 10.4 Å². The van der Waals surface area contributed by atoms with Crippen LogP contribution in [-0.2, 0) is 0 Å². The lowest BCUT2D eigenvalue weighted by atomic mass is 10.1. The maximum absolute atomic E-state index is 13.1. The van der Waals surface area contributed by atoms with Gasteiger partial charge in [0.15, 0.2) is 5.75 Å². The Morgan fingerprint density at radius 3 is 2.83 bits per heavy atom. The number of nitrogens with zero attached hydrogens (tertiary/aromatic N) is 2. The zero-order chi connectivity index (χ0) is 20.5. The van der Waals surface area contributed by atoms with Crippen molar-refractivity contribution in [3.05, 3.63) is 80.2 Å². The van der Waals surface area contributed by atoms with E-state index < -0.39 is 21.8 Å². The Morgan fingerprint density at radius 2 is 2.07 bits per heavy atom. The summed E-state index contributed by atoms with van der Waals surface area (Å²) < 4.78 is 10.3. The molecule has 0 unspecified atom stereocenters. The van der Waals surface area contributed by atoms with Gasteiger partial charge >= 0.3 is 11.3 Å². The predicted molar refractivity (Wildman–Crippen MR) is 108 cm³/mol. The number of hydrogen-bond donors (Lipinski definition) is 0. The summed E-state index contributed by atoms with van der Waals surface area (Å²) in [7, 11) is 1.36. The average molecular weight is 412 g/mol. The Bertz CT molecular complexity index is 1180. The molecule has 29 heavy (non-hydrogen) atoms. The number of carbonyl (C=O) groups is 1. The summed E-state index contributed by atoms with van der Waals surface area (Å²) in [4.78, 5) is 37.9. The number of amides is 1. The molecule has 1 aromatic heterocycles. The fourth-order valence-corrected chi connectivity index (χ4v) is 4.57. The molecule has 2 aromatic carbocycles. The third-order valence-corrected chi connectivity index (χ3v) is 5.97. The third kappa shape index (κ3) is 3.44. The first kappa shape index (κ1) is 19.0. The average Bonchev–Trinajstić information content (AvgIpc) is 3.22. The number of ether oxygens (including phenoxy) is 1. The molecule has 1 aliphatic heterocycles. The minimum atomic E-state index is -0.704. The van der Waals surface area contributed by atoms with E-state index in [0.29, 0.717) is 28.8 Å². The maximum atomic E-state index is 13.1. The van der Waals surface area contributed by atoms with E-state index >= 15 is 0 Å². The van der Waals surface area contributed by atoms with E-state index in [4.69, 9.17) is 9.15 Å². The van der Waals surface area contributed by atoms with Gasteiger partial charge in [-0.05, 0) is 23.8 Å². The summed E-state index contributed by atoms with van der Waals surface area (Å²) in [6, 6.07) is 13.1. The molecule has 0 spiro atoms. The summed E-state index contributed by atoms with van der Waals surface area (Å²) in [5.74, 6) is 0.336. The number of nitro groups is 1. The van der Waals surface area contributed by atoms with Gasteiger partial charge < -0.3 is 14.1 Å². The molecule has 0 saturated carbocycles. The number of fused-ring (bicyclic) bond motifs is 1. The van der Waals surface area contributed by atoms with Gasteiger partial charge in [-0.15, -0.1) is 11.8 Å².